The van der Waals surface area contributed by atoms with Crippen LogP contribution in [-0.4, -0.2) is 38.2 Å². The van der Waals surface area contributed by atoms with Crippen molar-refractivity contribution >= 4 is 40.3 Å². The van der Waals surface area contributed by atoms with Crippen molar-refractivity contribution in [3.05, 3.63) is 101 Å². The molecule has 0 saturated carbocycles. The van der Waals surface area contributed by atoms with E-state index in [9.17, 15) is 4.79 Å². The molecule has 6 nitrogen and oxygen atoms in total. The monoisotopic (exact) mass is 511 g/mol. The molecular formula is C28H21N3O3S2. The van der Waals surface area contributed by atoms with Crippen LogP contribution in [0.3, 0.4) is 0 Å². The zero-order chi connectivity index (χ0) is 24.5. The summed E-state index contributed by atoms with van der Waals surface area (Å²) < 4.78 is 13.4. The highest BCUT2D eigenvalue weighted by Crippen LogP contribution is 2.38. The maximum Gasteiger partial charge on any atom is 0.266 e. The molecule has 2 aliphatic rings. The van der Waals surface area contributed by atoms with E-state index in [-0.39, 0.29) is 12.7 Å². The van der Waals surface area contributed by atoms with Gasteiger partial charge in [0.15, 0.2) is 11.5 Å². The van der Waals surface area contributed by atoms with Crippen LogP contribution in [0.1, 0.15) is 11.1 Å². The van der Waals surface area contributed by atoms with Gasteiger partial charge in [0.2, 0.25) is 6.79 Å². The molecule has 8 heteroatoms. The van der Waals surface area contributed by atoms with Gasteiger partial charge in [0.1, 0.15) is 10.0 Å². The topological polar surface area (TPSA) is 56.6 Å². The highest BCUT2D eigenvalue weighted by Gasteiger charge is 2.32. The van der Waals surface area contributed by atoms with E-state index in [1.54, 1.807) is 4.90 Å². The van der Waals surface area contributed by atoms with E-state index in [0.29, 0.717) is 27.3 Å². The van der Waals surface area contributed by atoms with Gasteiger partial charge in [-0.3, -0.25) is 9.69 Å². The van der Waals surface area contributed by atoms with Gasteiger partial charge in [-0.1, -0.05) is 72.5 Å². The lowest BCUT2D eigenvalue weighted by Crippen LogP contribution is -2.30. The normalized spacial score (nSPS) is 15.8. The first-order valence-corrected chi connectivity index (χ1v) is 12.7. The van der Waals surface area contributed by atoms with Crippen LogP contribution in [0, 0.1) is 0 Å². The smallest absolute Gasteiger partial charge is 0.266 e. The molecule has 3 aromatic carbocycles. The largest absolute Gasteiger partial charge is 0.454 e. The molecule has 1 aromatic heterocycles. The van der Waals surface area contributed by atoms with Crippen LogP contribution >= 0.6 is 24.0 Å². The van der Waals surface area contributed by atoms with E-state index in [2.05, 4.69) is 12.1 Å². The number of ether oxygens (including phenoxy) is 2. The molecule has 0 N–H and O–H groups in total. The third kappa shape index (κ3) is 4.41. The first kappa shape index (κ1) is 22.6. The fraction of sp³-hybridized carbons (Fsp3) is 0.107. The third-order valence-corrected chi connectivity index (χ3v) is 7.41. The second-order valence-electron chi connectivity index (χ2n) is 8.35. The van der Waals surface area contributed by atoms with E-state index < -0.39 is 0 Å². The number of nitrogens with zero attached hydrogens (tertiary/aromatic N) is 3. The summed E-state index contributed by atoms with van der Waals surface area (Å²) in [6, 6.07) is 25.7. The molecule has 1 amide bonds. The predicted octanol–water partition coefficient (Wildman–Crippen LogP) is 5.71. The molecule has 0 atom stereocenters. The van der Waals surface area contributed by atoms with Crippen LogP contribution in [0.25, 0.3) is 23.0 Å². The van der Waals surface area contributed by atoms with Crippen molar-refractivity contribution in [1.82, 2.24) is 14.7 Å². The van der Waals surface area contributed by atoms with Gasteiger partial charge in [-0.25, -0.2) is 4.68 Å². The average Bonchev–Trinajstić information content (AvgIpc) is 3.62. The van der Waals surface area contributed by atoms with Gasteiger partial charge >= 0.3 is 0 Å². The molecule has 0 bridgehead atoms. The Kier molecular flexibility index (Phi) is 6.04. The van der Waals surface area contributed by atoms with Crippen LogP contribution in [0.2, 0.25) is 0 Å². The Hall–Kier alpha value is -3.88. The molecule has 1 fully saturated rings. The highest BCUT2D eigenvalue weighted by molar-refractivity contribution is 8.26. The van der Waals surface area contributed by atoms with Crippen LogP contribution in [0.15, 0.2) is 90.0 Å². The minimum absolute atomic E-state index is 0.0787. The zero-order valence-corrected chi connectivity index (χ0v) is 20.8. The minimum atomic E-state index is -0.0787. The van der Waals surface area contributed by atoms with Crippen molar-refractivity contribution in [2.75, 3.05) is 13.3 Å². The minimum Gasteiger partial charge on any atom is -0.454 e. The summed E-state index contributed by atoms with van der Waals surface area (Å²) in [5.74, 6) is 1.31. The lowest BCUT2D eigenvalue weighted by molar-refractivity contribution is -0.122. The maximum atomic E-state index is 13.3. The number of thiocarbonyl (C=S) groups is 1. The summed E-state index contributed by atoms with van der Waals surface area (Å²) in [6.45, 7) is 0.750. The van der Waals surface area contributed by atoms with Gasteiger partial charge in [0.05, 0.1) is 10.6 Å². The summed E-state index contributed by atoms with van der Waals surface area (Å²) in [6.07, 6.45) is 4.56. The molecule has 2 aliphatic heterocycles. The second-order valence-corrected chi connectivity index (χ2v) is 10.0. The SMILES string of the molecule is O=C1/C(=C/c2cn(-c3ccccc3)nc2-c2ccc3c(c2)OCO3)SC(=S)N1CCc1ccccc1. The number of carbonyl (C=O) groups is 1. The van der Waals surface area contributed by atoms with Gasteiger partial charge in [0, 0.05) is 23.9 Å². The molecule has 0 aliphatic carbocycles. The zero-order valence-electron chi connectivity index (χ0n) is 19.2. The molecule has 6 rings (SSSR count). The van der Waals surface area contributed by atoms with E-state index >= 15 is 0 Å². The third-order valence-electron chi connectivity index (χ3n) is 6.04. The number of carbonyl (C=O) groups excluding carboxylic acids is 1. The van der Waals surface area contributed by atoms with Crippen LogP contribution in [-0.2, 0) is 11.2 Å². The number of hydrogen-bond donors (Lipinski definition) is 0. The number of para-hydroxylation sites is 1. The summed E-state index contributed by atoms with van der Waals surface area (Å²) in [7, 11) is 0. The van der Waals surface area contributed by atoms with Gasteiger partial charge in [-0.05, 0) is 48.4 Å². The summed E-state index contributed by atoms with van der Waals surface area (Å²) in [5, 5.41) is 4.87. The fourth-order valence-electron chi connectivity index (χ4n) is 4.19. The standard InChI is InChI=1S/C28H21N3O3S2/c32-27-25(36-28(35)30(27)14-13-19-7-3-1-4-8-19)16-21-17-31(22-9-5-2-6-10-22)29-26(21)20-11-12-23-24(15-20)34-18-33-23/h1-12,15-17H,13-14,18H2/b25-16-. The quantitative estimate of drug-likeness (QED) is 0.244. The Labute approximate surface area is 218 Å². The Morgan fingerprint density at radius 2 is 1.72 bits per heavy atom. The maximum absolute atomic E-state index is 13.3. The highest BCUT2D eigenvalue weighted by atomic mass is 32.2. The van der Waals surface area contributed by atoms with Gasteiger partial charge < -0.3 is 9.47 Å². The fourth-order valence-corrected chi connectivity index (χ4v) is 5.49. The molecule has 36 heavy (non-hydrogen) atoms. The number of rotatable bonds is 6. The molecule has 3 heterocycles. The molecule has 1 saturated heterocycles. The number of amides is 1. The van der Waals surface area contributed by atoms with Crippen LogP contribution < -0.4 is 9.47 Å². The Morgan fingerprint density at radius 1 is 0.972 bits per heavy atom. The molecule has 4 aromatic rings. The second kappa shape index (κ2) is 9.64. The Balaban J connectivity index is 1.34. The summed E-state index contributed by atoms with van der Waals surface area (Å²) >= 11 is 6.89. The molecule has 0 radical (unpaired) electrons. The molecular weight excluding hydrogens is 490 g/mol. The number of hydrogen-bond acceptors (Lipinski definition) is 6. The van der Waals surface area contributed by atoms with E-state index in [0.717, 1.165) is 28.9 Å². The predicted molar refractivity (Wildman–Crippen MR) is 145 cm³/mol. The van der Waals surface area contributed by atoms with Crippen molar-refractivity contribution in [3.8, 4) is 28.4 Å². The van der Waals surface area contributed by atoms with Crippen molar-refractivity contribution in [2.45, 2.75) is 6.42 Å². The number of fused-ring (bicyclic) bond motifs is 1. The van der Waals surface area contributed by atoms with Gasteiger partial charge in [-0.2, -0.15) is 5.10 Å². The van der Waals surface area contributed by atoms with Crippen LogP contribution in [0.5, 0.6) is 11.5 Å². The number of aromatic nitrogens is 2. The molecule has 178 valence electrons. The number of benzene rings is 3. The molecule has 0 unspecified atom stereocenters. The van der Waals surface area contributed by atoms with E-state index in [1.807, 2.05) is 83.7 Å². The summed E-state index contributed by atoms with van der Waals surface area (Å²) in [4.78, 5) is 15.6. The van der Waals surface area contributed by atoms with Crippen molar-refractivity contribution in [3.63, 3.8) is 0 Å². The van der Waals surface area contributed by atoms with E-state index in [1.165, 1.54) is 17.3 Å². The van der Waals surface area contributed by atoms with Gasteiger partial charge in [-0.15, -0.1) is 0 Å². The van der Waals surface area contributed by atoms with Crippen LogP contribution in [0.4, 0.5) is 0 Å². The van der Waals surface area contributed by atoms with Crippen molar-refractivity contribution < 1.29 is 14.3 Å². The Morgan fingerprint density at radius 3 is 2.53 bits per heavy atom. The number of thioether (sulfide) groups is 1. The lowest BCUT2D eigenvalue weighted by Gasteiger charge is -2.14. The Bertz CT molecular complexity index is 1480. The van der Waals surface area contributed by atoms with Gasteiger partial charge in [0.25, 0.3) is 5.91 Å². The van der Waals surface area contributed by atoms with Crippen molar-refractivity contribution in [2.24, 2.45) is 0 Å². The van der Waals surface area contributed by atoms with Crippen molar-refractivity contribution in [1.29, 1.82) is 0 Å². The lowest BCUT2D eigenvalue weighted by atomic mass is 10.1. The average molecular weight is 512 g/mol. The van der Waals surface area contributed by atoms with E-state index in [4.69, 9.17) is 26.8 Å². The molecule has 0 spiro atoms. The summed E-state index contributed by atoms with van der Waals surface area (Å²) in [5.41, 5.74) is 4.53. The first-order valence-electron chi connectivity index (χ1n) is 11.5. The first-order chi connectivity index (χ1) is 17.7.